The van der Waals surface area contributed by atoms with Gasteiger partial charge in [-0.2, -0.15) is 4.58 Å². The lowest BCUT2D eigenvalue weighted by Gasteiger charge is -1.94. The standard InChI is InChI=1S/C8H14N2O2/c1-10(7-11)6-4-2-3-5-8(9)12/h7H,1-6H2,(H-,9,12)/p+1. The van der Waals surface area contributed by atoms with Gasteiger partial charge in [0.15, 0.2) is 6.54 Å². The van der Waals surface area contributed by atoms with Crippen molar-refractivity contribution in [3.63, 3.8) is 0 Å². The van der Waals surface area contributed by atoms with Crippen LogP contribution in [0.25, 0.3) is 0 Å². The molecule has 12 heavy (non-hydrogen) atoms. The van der Waals surface area contributed by atoms with Crippen LogP contribution in [0.3, 0.4) is 0 Å². The van der Waals surface area contributed by atoms with Gasteiger partial charge in [-0.25, -0.2) is 4.79 Å². The highest BCUT2D eigenvalue weighted by Crippen LogP contribution is 1.98. The molecule has 0 radical (unpaired) electrons. The molecule has 0 rings (SSSR count). The Hall–Kier alpha value is -1.19. The molecule has 0 aliphatic rings. The number of nitrogens with zero attached hydrogens (tertiary/aromatic N) is 1. The van der Waals surface area contributed by atoms with Crippen LogP contribution in [-0.4, -0.2) is 30.2 Å². The fraction of sp³-hybridized carbons (Fsp3) is 0.625. The molecule has 0 heterocycles. The Morgan fingerprint density at radius 1 is 1.42 bits per heavy atom. The van der Waals surface area contributed by atoms with Crippen molar-refractivity contribution in [2.24, 2.45) is 5.73 Å². The van der Waals surface area contributed by atoms with Crippen LogP contribution in [-0.2, 0) is 9.59 Å². The highest BCUT2D eigenvalue weighted by Gasteiger charge is 1.98. The minimum Gasteiger partial charge on any atom is -0.370 e. The molecule has 4 heteroatoms. The van der Waals surface area contributed by atoms with Gasteiger partial charge in [-0.3, -0.25) is 4.79 Å². The van der Waals surface area contributed by atoms with E-state index in [-0.39, 0.29) is 5.91 Å². The Morgan fingerprint density at radius 2 is 2.08 bits per heavy atom. The maximum Gasteiger partial charge on any atom is 0.374 e. The maximum atomic E-state index is 10.3. The average molecular weight is 171 g/mol. The van der Waals surface area contributed by atoms with Crippen LogP contribution in [0.5, 0.6) is 0 Å². The normalized spacial score (nSPS) is 9.33. The number of primary amides is 1. The van der Waals surface area contributed by atoms with Gasteiger partial charge >= 0.3 is 6.41 Å². The van der Waals surface area contributed by atoms with Crippen molar-refractivity contribution < 1.29 is 14.2 Å². The number of rotatable bonds is 7. The van der Waals surface area contributed by atoms with Gasteiger partial charge in [-0.05, 0) is 12.8 Å². The van der Waals surface area contributed by atoms with E-state index < -0.39 is 0 Å². The first-order valence-electron chi connectivity index (χ1n) is 3.97. The summed E-state index contributed by atoms with van der Waals surface area (Å²) >= 11 is 0. The molecule has 0 saturated carbocycles. The van der Waals surface area contributed by atoms with Crippen molar-refractivity contribution in [3.05, 3.63) is 0 Å². The molecule has 2 N–H and O–H groups in total. The summed E-state index contributed by atoms with van der Waals surface area (Å²) in [5.74, 6) is -0.267. The first kappa shape index (κ1) is 10.8. The smallest absolute Gasteiger partial charge is 0.370 e. The fourth-order valence-corrected chi connectivity index (χ4v) is 0.844. The van der Waals surface area contributed by atoms with E-state index in [0.717, 1.165) is 19.3 Å². The van der Waals surface area contributed by atoms with Crippen LogP contribution >= 0.6 is 0 Å². The summed E-state index contributed by atoms with van der Waals surface area (Å²) in [5, 5.41) is 0. The number of hydrogen-bond acceptors (Lipinski definition) is 2. The third-order valence-electron chi connectivity index (χ3n) is 1.52. The van der Waals surface area contributed by atoms with E-state index in [1.54, 1.807) is 0 Å². The van der Waals surface area contributed by atoms with Crippen molar-refractivity contribution in [1.82, 2.24) is 0 Å². The van der Waals surface area contributed by atoms with Gasteiger partial charge in [0, 0.05) is 12.8 Å². The quantitative estimate of drug-likeness (QED) is 0.252. The minimum absolute atomic E-state index is 0.267. The Balaban J connectivity index is 3.16. The summed E-state index contributed by atoms with van der Waals surface area (Å²) in [4.78, 5) is 20.4. The molecule has 2 amide bonds. The van der Waals surface area contributed by atoms with Crippen LogP contribution in [0.4, 0.5) is 0 Å². The summed E-state index contributed by atoms with van der Waals surface area (Å²) in [7, 11) is 0. The van der Waals surface area contributed by atoms with E-state index >= 15 is 0 Å². The third kappa shape index (κ3) is 6.92. The Bertz CT molecular complexity index is 178. The Labute approximate surface area is 72.1 Å². The minimum atomic E-state index is -0.267. The van der Waals surface area contributed by atoms with Gasteiger partial charge in [-0.1, -0.05) is 0 Å². The van der Waals surface area contributed by atoms with Gasteiger partial charge in [0.2, 0.25) is 5.91 Å². The van der Waals surface area contributed by atoms with Crippen molar-refractivity contribution in [3.8, 4) is 0 Å². The topological polar surface area (TPSA) is 63.2 Å². The molecule has 0 aromatic rings. The van der Waals surface area contributed by atoms with Crippen LogP contribution in [0.2, 0.25) is 0 Å². The maximum absolute atomic E-state index is 10.3. The van der Waals surface area contributed by atoms with E-state index in [9.17, 15) is 9.59 Å². The number of amides is 2. The monoisotopic (exact) mass is 171 g/mol. The molecular weight excluding hydrogens is 156 g/mol. The molecule has 68 valence electrons. The largest absolute Gasteiger partial charge is 0.374 e. The first-order chi connectivity index (χ1) is 5.66. The van der Waals surface area contributed by atoms with Crippen molar-refractivity contribution in [2.75, 3.05) is 6.54 Å². The van der Waals surface area contributed by atoms with Crippen LogP contribution in [0.1, 0.15) is 25.7 Å². The number of carbonyl (C=O) groups excluding carboxylic acids is 2. The molecule has 0 aromatic carbocycles. The first-order valence-corrected chi connectivity index (χ1v) is 3.97. The molecule has 0 aliphatic carbocycles. The predicted molar refractivity (Wildman–Crippen MR) is 46.0 cm³/mol. The lowest BCUT2D eigenvalue weighted by Crippen LogP contribution is -2.11. The van der Waals surface area contributed by atoms with E-state index in [0.29, 0.717) is 19.4 Å². The number of hydrogen-bond donors (Lipinski definition) is 1. The van der Waals surface area contributed by atoms with Gasteiger partial charge in [0.25, 0.3) is 0 Å². The number of unbranched alkanes of at least 4 members (excludes halogenated alkanes) is 2. The van der Waals surface area contributed by atoms with Gasteiger partial charge < -0.3 is 5.73 Å². The van der Waals surface area contributed by atoms with Gasteiger partial charge in [-0.15, -0.1) is 0 Å². The van der Waals surface area contributed by atoms with Crippen LogP contribution in [0, 0.1) is 0 Å². The Morgan fingerprint density at radius 3 is 2.58 bits per heavy atom. The zero-order valence-electron chi connectivity index (χ0n) is 7.16. The molecule has 0 saturated heterocycles. The molecule has 0 bridgehead atoms. The molecule has 0 unspecified atom stereocenters. The molecule has 4 nitrogen and oxygen atoms in total. The summed E-state index contributed by atoms with van der Waals surface area (Å²) in [6.07, 6.45) is 3.69. The van der Waals surface area contributed by atoms with E-state index in [1.165, 1.54) is 4.58 Å². The summed E-state index contributed by atoms with van der Waals surface area (Å²) in [6, 6.07) is 0. The van der Waals surface area contributed by atoms with Crippen LogP contribution < -0.4 is 5.73 Å². The van der Waals surface area contributed by atoms with Gasteiger partial charge in [0.1, 0.15) is 6.72 Å². The molecule has 0 aromatic heterocycles. The fourth-order valence-electron chi connectivity index (χ4n) is 0.844. The summed E-state index contributed by atoms with van der Waals surface area (Å²) < 4.78 is 1.34. The van der Waals surface area contributed by atoms with Crippen molar-refractivity contribution >= 4 is 19.0 Å². The lowest BCUT2D eigenvalue weighted by atomic mass is 10.2. The zero-order valence-corrected chi connectivity index (χ0v) is 7.16. The number of carbonyl (C=O) groups is 2. The van der Waals surface area contributed by atoms with Crippen molar-refractivity contribution in [1.29, 1.82) is 0 Å². The molecule has 0 aliphatic heterocycles. The highest BCUT2D eigenvalue weighted by atomic mass is 16.1. The van der Waals surface area contributed by atoms with E-state index in [1.807, 2.05) is 0 Å². The van der Waals surface area contributed by atoms with Crippen molar-refractivity contribution in [2.45, 2.75) is 25.7 Å². The summed E-state index contributed by atoms with van der Waals surface area (Å²) in [6.45, 7) is 4.10. The Kier molecular flexibility index (Phi) is 5.87. The van der Waals surface area contributed by atoms with Crippen LogP contribution in [0.15, 0.2) is 0 Å². The lowest BCUT2D eigenvalue weighted by molar-refractivity contribution is -0.425. The highest BCUT2D eigenvalue weighted by molar-refractivity contribution is 5.73. The van der Waals surface area contributed by atoms with E-state index in [2.05, 4.69) is 6.72 Å². The third-order valence-corrected chi connectivity index (χ3v) is 1.52. The predicted octanol–water partition coefficient (Wildman–Crippen LogP) is -0.0984. The van der Waals surface area contributed by atoms with E-state index in [4.69, 9.17) is 5.73 Å². The summed E-state index contributed by atoms with van der Waals surface area (Å²) in [5.41, 5.74) is 4.94. The average Bonchev–Trinajstić information content (AvgIpc) is 2.03. The molecular formula is C8H15N2O2+. The molecule has 0 spiro atoms. The molecule has 0 atom stereocenters. The zero-order chi connectivity index (χ0) is 9.40. The van der Waals surface area contributed by atoms with Gasteiger partial charge in [0.05, 0.1) is 0 Å². The second kappa shape index (κ2) is 6.52. The SMILES string of the molecule is C=[N+](C=O)CCCCCC(N)=O. The second-order valence-corrected chi connectivity index (χ2v) is 2.69. The second-order valence-electron chi connectivity index (χ2n) is 2.69. The molecule has 0 fully saturated rings. The number of nitrogens with two attached hydrogens (primary N) is 1.